The van der Waals surface area contributed by atoms with Gasteiger partial charge in [0.15, 0.2) is 0 Å². The smallest absolute Gasteiger partial charge is 0.356 e. The Balaban J connectivity index is 1.59. The second kappa shape index (κ2) is 11.4. The minimum absolute atomic E-state index is 0.0520. The van der Waals surface area contributed by atoms with Crippen molar-refractivity contribution in [1.29, 1.82) is 0 Å². The lowest BCUT2D eigenvalue weighted by atomic mass is 10.0. The first-order chi connectivity index (χ1) is 20.3. The number of nitrogens with one attached hydrogen (secondary N) is 1. The topological polar surface area (TPSA) is 270 Å². The summed E-state index contributed by atoms with van der Waals surface area (Å²) < 4.78 is 24.3. The van der Waals surface area contributed by atoms with E-state index in [9.17, 15) is 64.7 Å². The first-order valence-corrected chi connectivity index (χ1v) is 12.8. The Bertz CT molecular complexity index is 1440. The van der Waals surface area contributed by atoms with Crippen molar-refractivity contribution >= 4 is 18.1 Å². The number of aldehydes is 1. The molecule has 4 rings (SSSR count). The molecule has 0 aliphatic carbocycles. The molecule has 2 heterocycles. The summed E-state index contributed by atoms with van der Waals surface area (Å²) in [5, 5.41) is 93.1. The van der Waals surface area contributed by atoms with E-state index in [1.54, 1.807) is 0 Å². The third-order valence-electron chi connectivity index (χ3n) is 7.32. The lowest BCUT2D eigenvalue weighted by Crippen LogP contribution is -2.83. The molecule has 0 bridgehead atoms. The molecule has 0 radical (unpaired) electrons. The Labute approximate surface area is 247 Å². The predicted octanol–water partition coefficient (Wildman–Crippen LogP) is -3.84. The molecule has 1 fully saturated rings. The second-order valence-corrected chi connectivity index (χ2v) is 10.2. The molecule has 0 spiro atoms. The minimum atomic E-state index is -4.16. The van der Waals surface area contributed by atoms with Crippen LogP contribution in [0.15, 0.2) is 36.4 Å². The van der Waals surface area contributed by atoms with E-state index in [4.69, 9.17) is 4.74 Å². The van der Waals surface area contributed by atoms with Crippen LogP contribution in [0, 0.1) is 5.82 Å². The predicted molar refractivity (Wildman–Crippen MR) is 137 cm³/mol. The van der Waals surface area contributed by atoms with Crippen LogP contribution in [-0.2, 0) is 34.0 Å². The maximum atomic E-state index is 14.8. The number of likely N-dealkylation sites (N-methyl/N-ethyl adjacent to an activating group) is 1. The van der Waals surface area contributed by atoms with E-state index in [0.717, 1.165) is 23.1 Å². The Morgan fingerprint density at radius 3 is 2.32 bits per heavy atom. The standard InChI is InChI=1S/C26H30FN3O14/c1-28-21(33)22(34,8-3-9-31)29-12-17-16(20(29)32)4-2-5-19(17)43-13-15-10-14(6-7-18(15)27)11-30-23(35,36)25(39,40)44-26(41,42)24(30,37)38/h2,4-7,9-10,34-42H,3,8,11-13H2,1H3,(H,28,33). The molecular formula is C26H30FN3O14. The van der Waals surface area contributed by atoms with Crippen LogP contribution in [-0.4, -0.2) is 110 Å². The van der Waals surface area contributed by atoms with E-state index in [2.05, 4.69) is 10.1 Å². The molecule has 2 aliphatic rings. The van der Waals surface area contributed by atoms with Gasteiger partial charge >= 0.3 is 23.8 Å². The van der Waals surface area contributed by atoms with Gasteiger partial charge in [-0.2, -0.15) is 4.90 Å². The number of hydrogen-bond donors (Lipinski definition) is 10. The Morgan fingerprint density at radius 1 is 1.09 bits per heavy atom. The van der Waals surface area contributed by atoms with Crippen molar-refractivity contribution in [1.82, 2.24) is 15.1 Å². The van der Waals surface area contributed by atoms with Crippen LogP contribution >= 0.6 is 0 Å². The molecule has 0 aromatic heterocycles. The third-order valence-corrected chi connectivity index (χ3v) is 7.32. The number of hydrogen-bond acceptors (Lipinski definition) is 15. The van der Waals surface area contributed by atoms with Gasteiger partial charge in [0.2, 0.25) is 5.72 Å². The lowest BCUT2D eigenvalue weighted by molar-refractivity contribution is -0.659. The second-order valence-electron chi connectivity index (χ2n) is 10.2. The van der Waals surface area contributed by atoms with Gasteiger partial charge in [0.25, 0.3) is 11.8 Å². The van der Waals surface area contributed by atoms with Crippen molar-refractivity contribution in [3.63, 3.8) is 0 Å². The van der Waals surface area contributed by atoms with Crippen LogP contribution in [0.1, 0.15) is 39.9 Å². The number of halogens is 1. The van der Waals surface area contributed by atoms with Gasteiger partial charge in [-0.05, 0) is 29.8 Å². The zero-order valence-corrected chi connectivity index (χ0v) is 22.9. The fraction of sp³-hybridized carbons (Fsp3) is 0.423. The first kappa shape index (κ1) is 33.2. The van der Waals surface area contributed by atoms with Crippen molar-refractivity contribution in [3.05, 3.63) is 64.5 Å². The van der Waals surface area contributed by atoms with Gasteiger partial charge in [-0.25, -0.2) is 4.39 Å². The SMILES string of the molecule is CNC(=O)C(O)(CCC=O)N1Cc2c(OCc3cc(CN4C(O)(O)C(O)(O)OC(O)(O)C4(O)O)ccc3F)cccc2C1=O. The van der Waals surface area contributed by atoms with Gasteiger partial charge in [0, 0.05) is 43.1 Å². The van der Waals surface area contributed by atoms with E-state index in [0.29, 0.717) is 6.29 Å². The summed E-state index contributed by atoms with van der Waals surface area (Å²) in [7, 11) is 1.24. The van der Waals surface area contributed by atoms with Gasteiger partial charge < -0.3 is 60.8 Å². The highest BCUT2D eigenvalue weighted by atomic mass is 19.1. The summed E-state index contributed by atoms with van der Waals surface area (Å²) in [4.78, 5) is 37.1. The normalized spacial score (nSPS) is 21.3. The van der Waals surface area contributed by atoms with Crippen molar-refractivity contribution in [2.45, 2.75) is 62.0 Å². The summed E-state index contributed by atoms with van der Waals surface area (Å²) in [5.41, 5.74) is -2.45. The van der Waals surface area contributed by atoms with Crippen LogP contribution in [0.25, 0.3) is 0 Å². The first-order valence-electron chi connectivity index (χ1n) is 12.8. The number of benzene rings is 2. The molecule has 2 aromatic rings. The molecule has 240 valence electrons. The summed E-state index contributed by atoms with van der Waals surface area (Å²) in [6.45, 7) is -1.94. The number of nitrogens with zero attached hydrogens (tertiary/aromatic N) is 2. The van der Waals surface area contributed by atoms with E-state index < -0.39 is 60.3 Å². The minimum Gasteiger partial charge on any atom is -0.488 e. The summed E-state index contributed by atoms with van der Waals surface area (Å²) in [5.74, 6) is -18.9. The molecule has 2 amide bonds. The molecular weight excluding hydrogens is 597 g/mol. The van der Waals surface area contributed by atoms with Gasteiger partial charge in [-0.1, -0.05) is 12.1 Å². The number of carbonyl (C=O) groups excluding carboxylic acids is 3. The number of amides is 2. The number of fused-ring (bicyclic) bond motifs is 1. The Hall–Kier alpha value is -3.66. The van der Waals surface area contributed by atoms with Gasteiger partial charge in [0.05, 0.1) is 6.54 Å². The van der Waals surface area contributed by atoms with E-state index >= 15 is 0 Å². The molecule has 1 atom stereocenters. The molecule has 1 saturated heterocycles. The molecule has 2 aliphatic heterocycles. The molecule has 0 saturated carbocycles. The molecule has 2 aromatic carbocycles. The summed E-state index contributed by atoms with van der Waals surface area (Å²) in [6.07, 6.45) is -0.140. The average molecular weight is 628 g/mol. The maximum absolute atomic E-state index is 14.8. The van der Waals surface area contributed by atoms with Crippen LogP contribution < -0.4 is 10.1 Å². The highest BCUT2D eigenvalue weighted by Crippen LogP contribution is 2.42. The van der Waals surface area contributed by atoms with Gasteiger partial charge in [0.1, 0.15) is 24.5 Å². The van der Waals surface area contributed by atoms with Crippen molar-refractivity contribution in [2.24, 2.45) is 0 Å². The Morgan fingerprint density at radius 2 is 1.73 bits per heavy atom. The fourth-order valence-electron chi connectivity index (χ4n) is 4.87. The zero-order chi connectivity index (χ0) is 32.9. The van der Waals surface area contributed by atoms with Crippen LogP contribution in [0.5, 0.6) is 5.75 Å². The molecule has 1 unspecified atom stereocenters. The van der Waals surface area contributed by atoms with Crippen LogP contribution in [0.2, 0.25) is 0 Å². The fourth-order valence-corrected chi connectivity index (χ4v) is 4.87. The monoisotopic (exact) mass is 627 g/mol. The average Bonchev–Trinajstić information content (AvgIpc) is 3.30. The molecule has 18 heteroatoms. The Kier molecular flexibility index (Phi) is 8.58. The van der Waals surface area contributed by atoms with Crippen molar-refractivity contribution in [3.8, 4) is 5.75 Å². The van der Waals surface area contributed by atoms with E-state index in [1.165, 1.54) is 25.2 Å². The maximum Gasteiger partial charge on any atom is 0.356 e. The summed E-state index contributed by atoms with van der Waals surface area (Å²) >= 11 is 0. The number of carbonyl (C=O) groups is 3. The van der Waals surface area contributed by atoms with E-state index in [-0.39, 0.29) is 52.3 Å². The van der Waals surface area contributed by atoms with Crippen LogP contribution in [0.4, 0.5) is 4.39 Å². The molecule has 17 nitrogen and oxygen atoms in total. The highest BCUT2D eigenvalue weighted by molar-refractivity contribution is 6.02. The summed E-state index contributed by atoms with van der Waals surface area (Å²) in [6, 6.07) is 7.19. The largest absolute Gasteiger partial charge is 0.488 e. The molecule has 10 N–H and O–H groups in total. The molecule has 44 heavy (non-hydrogen) atoms. The third kappa shape index (κ3) is 5.42. The van der Waals surface area contributed by atoms with Crippen molar-refractivity contribution in [2.75, 3.05) is 7.05 Å². The van der Waals surface area contributed by atoms with Crippen molar-refractivity contribution < 1.29 is 74.2 Å². The van der Waals surface area contributed by atoms with Crippen LogP contribution in [0.3, 0.4) is 0 Å². The van der Waals surface area contributed by atoms with E-state index in [1.807, 2.05) is 0 Å². The quantitative estimate of drug-likeness (QED) is 0.0893. The lowest BCUT2D eigenvalue weighted by Gasteiger charge is -2.55. The number of ether oxygens (including phenoxy) is 2. The van der Waals surface area contributed by atoms with Gasteiger partial charge in [-0.3, -0.25) is 19.2 Å². The van der Waals surface area contributed by atoms with Gasteiger partial charge in [-0.15, -0.1) is 0 Å². The number of aliphatic hydroxyl groups is 9. The number of morpholine rings is 1. The highest BCUT2D eigenvalue weighted by Gasteiger charge is 2.74. The number of rotatable bonds is 10. The zero-order valence-electron chi connectivity index (χ0n) is 22.9.